The Balaban J connectivity index is 2.63. The van der Waals surface area contributed by atoms with E-state index in [4.69, 9.17) is 9.84 Å². The van der Waals surface area contributed by atoms with Crippen LogP contribution in [-0.4, -0.2) is 44.7 Å². The standard InChI is InChI=1S/C6H11BrO4/c1-2-3(8)4(9)5(10)6(7)11-2/h2-6,8-10H,1H3/t2-,3-,4+,5-,6+/m1/s1. The summed E-state index contributed by atoms with van der Waals surface area (Å²) in [6.07, 6.45) is -3.68. The van der Waals surface area contributed by atoms with Gasteiger partial charge >= 0.3 is 0 Å². The van der Waals surface area contributed by atoms with Crippen LogP contribution in [0, 0.1) is 0 Å². The Bertz CT molecular complexity index is 129. The predicted octanol–water partition coefficient (Wildman–Crippen LogP) is -0.791. The molecule has 1 fully saturated rings. The number of aliphatic hydroxyl groups excluding tert-OH is 3. The summed E-state index contributed by atoms with van der Waals surface area (Å²) in [5.41, 5.74) is 0. The van der Waals surface area contributed by atoms with Crippen molar-refractivity contribution in [2.45, 2.75) is 36.4 Å². The van der Waals surface area contributed by atoms with Crippen LogP contribution in [0.25, 0.3) is 0 Å². The van der Waals surface area contributed by atoms with Crippen molar-refractivity contribution in [3.05, 3.63) is 0 Å². The average molecular weight is 227 g/mol. The molecule has 5 atom stereocenters. The topological polar surface area (TPSA) is 69.9 Å². The van der Waals surface area contributed by atoms with Crippen LogP contribution >= 0.6 is 15.9 Å². The molecule has 0 aromatic carbocycles. The van der Waals surface area contributed by atoms with Crippen molar-refractivity contribution in [2.75, 3.05) is 0 Å². The molecule has 1 heterocycles. The van der Waals surface area contributed by atoms with Gasteiger partial charge < -0.3 is 20.1 Å². The smallest absolute Gasteiger partial charge is 0.141 e. The maximum absolute atomic E-state index is 9.18. The van der Waals surface area contributed by atoms with Gasteiger partial charge in [0.05, 0.1) is 6.10 Å². The predicted molar refractivity (Wildman–Crippen MR) is 41.3 cm³/mol. The van der Waals surface area contributed by atoms with Crippen molar-refractivity contribution in [2.24, 2.45) is 0 Å². The first-order valence-electron chi connectivity index (χ1n) is 3.37. The Morgan fingerprint density at radius 3 is 2.18 bits per heavy atom. The van der Waals surface area contributed by atoms with Crippen LogP contribution in [0.15, 0.2) is 0 Å². The van der Waals surface area contributed by atoms with Crippen LogP contribution in [0.3, 0.4) is 0 Å². The van der Waals surface area contributed by atoms with Crippen molar-refractivity contribution in [3.8, 4) is 0 Å². The summed E-state index contributed by atoms with van der Waals surface area (Å²) in [5, 5.41) is 26.9. The number of halogens is 1. The highest BCUT2D eigenvalue weighted by Crippen LogP contribution is 2.23. The molecular weight excluding hydrogens is 216 g/mol. The lowest BCUT2D eigenvalue weighted by Crippen LogP contribution is -2.54. The molecular formula is C6H11BrO4. The fourth-order valence-corrected chi connectivity index (χ4v) is 1.65. The first kappa shape index (κ1) is 9.41. The zero-order valence-corrected chi connectivity index (χ0v) is 7.60. The van der Waals surface area contributed by atoms with E-state index in [2.05, 4.69) is 15.9 Å². The second kappa shape index (κ2) is 3.37. The van der Waals surface area contributed by atoms with Gasteiger partial charge in [-0.2, -0.15) is 0 Å². The third-order valence-corrected chi connectivity index (χ3v) is 2.55. The van der Waals surface area contributed by atoms with Gasteiger partial charge in [-0.25, -0.2) is 0 Å². The van der Waals surface area contributed by atoms with Crippen LogP contribution < -0.4 is 0 Å². The highest BCUT2D eigenvalue weighted by Gasteiger charge is 2.40. The maximum atomic E-state index is 9.18. The van der Waals surface area contributed by atoms with Gasteiger partial charge in [-0.05, 0) is 6.92 Å². The molecule has 3 N–H and O–H groups in total. The van der Waals surface area contributed by atoms with Gasteiger partial charge in [0.25, 0.3) is 0 Å². The lowest BCUT2D eigenvalue weighted by Gasteiger charge is -2.36. The number of ether oxygens (including phenoxy) is 1. The lowest BCUT2D eigenvalue weighted by atomic mass is 10.0. The SMILES string of the molecule is C[C@H]1O[C@H](Br)[C@H](O)[C@@H](O)[C@@H]1O. The second-order valence-corrected chi connectivity index (χ2v) is 3.57. The van der Waals surface area contributed by atoms with E-state index >= 15 is 0 Å². The molecule has 0 spiro atoms. The average Bonchev–Trinajstić information content (AvgIpc) is 1.97. The van der Waals surface area contributed by atoms with E-state index in [-0.39, 0.29) is 0 Å². The fourth-order valence-electron chi connectivity index (χ4n) is 1.00. The molecule has 1 saturated heterocycles. The lowest BCUT2D eigenvalue weighted by molar-refractivity contribution is -0.190. The van der Waals surface area contributed by atoms with Gasteiger partial charge in [-0.15, -0.1) is 0 Å². The van der Waals surface area contributed by atoms with Crippen LogP contribution in [-0.2, 0) is 4.74 Å². The first-order chi connectivity index (χ1) is 5.04. The number of hydrogen-bond acceptors (Lipinski definition) is 4. The van der Waals surface area contributed by atoms with E-state index in [9.17, 15) is 10.2 Å². The number of hydrogen-bond donors (Lipinski definition) is 3. The summed E-state index contributed by atoms with van der Waals surface area (Å²) in [5.74, 6) is 0. The molecule has 0 unspecified atom stereocenters. The van der Waals surface area contributed by atoms with Crippen LogP contribution in [0.2, 0.25) is 0 Å². The summed E-state index contributed by atoms with van der Waals surface area (Å²) in [6, 6.07) is 0. The van der Waals surface area contributed by atoms with Gasteiger partial charge in [-0.3, -0.25) is 0 Å². The van der Waals surface area contributed by atoms with E-state index in [0.29, 0.717) is 0 Å². The normalized spacial score (nSPS) is 52.6. The molecule has 1 aliphatic heterocycles. The molecule has 0 bridgehead atoms. The van der Waals surface area contributed by atoms with E-state index in [1.807, 2.05) is 0 Å². The number of alkyl halides is 1. The van der Waals surface area contributed by atoms with Gasteiger partial charge in [-0.1, -0.05) is 15.9 Å². The van der Waals surface area contributed by atoms with Crippen LogP contribution in [0.4, 0.5) is 0 Å². The Morgan fingerprint density at radius 2 is 1.64 bits per heavy atom. The maximum Gasteiger partial charge on any atom is 0.141 e. The second-order valence-electron chi connectivity index (χ2n) is 2.66. The van der Waals surface area contributed by atoms with Gasteiger partial charge in [0.2, 0.25) is 0 Å². The number of aliphatic hydroxyl groups is 3. The van der Waals surface area contributed by atoms with Crippen molar-refractivity contribution in [3.63, 3.8) is 0 Å². The quantitative estimate of drug-likeness (QED) is 0.474. The molecule has 4 nitrogen and oxygen atoms in total. The van der Waals surface area contributed by atoms with Crippen molar-refractivity contribution in [1.82, 2.24) is 0 Å². The van der Waals surface area contributed by atoms with E-state index in [1.165, 1.54) is 0 Å². The molecule has 66 valence electrons. The molecule has 0 saturated carbocycles. The Labute approximate surface area is 72.9 Å². The molecule has 11 heavy (non-hydrogen) atoms. The minimum absolute atomic E-state index is 0.460. The highest BCUT2D eigenvalue weighted by atomic mass is 79.9. The molecule has 1 rings (SSSR count). The zero-order chi connectivity index (χ0) is 8.59. The molecule has 5 heteroatoms. The van der Waals surface area contributed by atoms with E-state index in [1.54, 1.807) is 6.92 Å². The molecule has 0 radical (unpaired) electrons. The monoisotopic (exact) mass is 226 g/mol. The van der Waals surface area contributed by atoms with Crippen molar-refractivity contribution in [1.29, 1.82) is 0 Å². The van der Waals surface area contributed by atoms with Gasteiger partial charge in [0.15, 0.2) is 0 Å². The third kappa shape index (κ3) is 1.73. The summed E-state index contributed by atoms with van der Waals surface area (Å²) in [7, 11) is 0. The highest BCUT2D eigenvalue weighted by molar-refractivity contribution is 9.09. The molecule has 0 aromatic heterocycles. The Kier molecular flexibility index (Phi) is 2.88. The van der Waals surface area contributed by atoms with E-state index < -0.39 is 29.4 Å². The van der Waals surface area contributed by atoms with Gasteiger partial charge in [0, 0.05) is 0 Å². The van der Waals surface area contributed by atoms with Crippen LogP contribution in [0.5, 0.6) is 0 Å². The largest absolute Gasteiger partial charge is 0.388 e. The molecule has 0 amide bonds. The summed E-state index contributed by atoms with van der Waals surface area (Å²) < 4.78 is 5.04. The third-order valence-electron chi connectivity index (χ3n) is 1.79. The summed E-state index contributed by atoms with van der Waals surface area (Å²) in [6.45, 7) is 1.63. The molecule has 0 aromatic rings. The summed E-state index contributed by atoms with van der Waals surface area (Å²) in [4.78, 5) is 0. The molecule has 1 aliphatic rings. The summed E-state index contributed by atoms with van der Waals surface area (Å²) >= 11 is 3.02. The Hall–Kier alpha value is 0.320. The Morgan fingerprint density at radius 1 is 1.09 bits per heavy atom. The number of rotatable bonds is 0. The zero-order valence-electron chi connectivity index (χ0n) is 6.01. The van der Waals surface area contributed by atoms with E-state index in [0.717, 1.165) is 0 Å². The van der Waals surface area contributed by atoms with Crippen molar-refractivity contribution >= 4 is 15.9 Å². The minimum atomic E-state index is -1.14. The fraction of sp³-hybridized carbons (Fsp3) is 1.00. The van der Waals surface area contributed by atoms with Gasteiger partial charge in [0.1, 0.15) is 23.3 Å². The molecule has 0 aliphatic carbocycles. The van der Waals surface area contributed by atoms with Crippen molar-refractivity contribution < 1.29 is 20.1 Å². The minimum Gasteiger partial charge on any atom is -0.388 e. The van der Waals surface area contributed by atoms with Crippen LogP contribution in [0.1, 0.15) is 6.92 Å². The first-order valence-corrected chi connectivity index (χ1v) is 4.29.